The average Bonchev–Trinajstić information content (AvgIpc) is 2.54. The maximum absolute atomic E-state index is 14.0. The fourth-order valence-corrected chi connectivity index (χ4v) is 2.67. The Labute approximate surface area is 138 Å². The Morgan fingerprint density at radius 2 is 1.50 bits per heavy atom. The molecule has 2 rings (SSSR count). The third kappa shape index (κ3) is 2.87. The van der Waals surface area contributed by atoms with Crippen LogP contribution in [0, 0.1) is 0 Å². The molecule has 0 aliphatic carbocycles. The Morgan fingerprint density at radius 3 is 2.00 bits per heavy atom. The van der Waals surface area contributed by atoms with Gasteiger partial charge in [-0.2, -0.15) is 13.2 Å². The van der Waals surface area contributed by atoms with Gasteiger partial charge in [-0.1, -0.05) is 18.2 Å². The van der Waals surface area contributed by atoms with Crippen LogP contribution in [-0.2, 0) is 12.0 Å². The smallest absolute Gasteiger partial charge is 0.398 e. The van der Waals surface area contributed by atoms with Crippen LogP contribution in [0.4, 0.5) is 30.2 Å². The van der Waals surface area contributed by atoms with E-state index in [4.69, 9.17) is 17.2 Å². The first-order valence-corrected chi connectivity index (χ1v) is 7.38. The fourth-order valence-electron chi connectivity index (χ4n) is 2.67. The molecule has 7 heteroatoms. The molecule has 7 N–H and O–H groups in total. The summed E-state index contributed by atoms with van der Waals surface area (Å²) in [5, 5.41) is 2.81. The summed E-state index contributed by atoms with van der Waals surface area (Å²) in [5.41, 5.74) is 16.8. The lowest BCUT2D eigenvalue weighted by Gasteiger charge is -2.34. The number of halogens is 3. The second kappa shape index (κ2) is 6.24. The zero-order valence-electron chi connectivity index (χ0n) is 13.5. The van der Waals surface area contributed by atoms with E-state index >= 15 is 0 Å². The lowest BCUT2D eigenvalue weighted by atomic mass is 9.74. The van der Waals surface area contributed by atoms with Crippen LogP contribution in [0.15, 0.2) is 36.4 Å². The van der Waals surface area contributed by atoms with Crippen molar-refractivity contribution in [3.05, 3.63) is 53.1 Å². The van der Waals surface area contributed by atoms with E-state index in [0.29, 0.717) is 22.6 Å². The summed E-state index contributed by atoms with van der Waals surface area (Å²) >= 11 is 0. The minimum atomic E-state index is -4.52. The predicted molar refractivity (Wildman–Crippen MR) is 91.7 cm³/mol. The Morgan fingerprint density at radius 1 is 0.958 bits per heavy atom. The van der Waals surface area contributed by atoms with Crippen molar-refractivity contribution in [2.24, 2.45) is 5.73 Å². The van der Waals surface area contributed by atoms with Crippen molar-refractivity contribution in [1.29, 1.82) is 0 Å². The molecule has 0 amide bonds. The van der Waals surface area contributed by atoms with Crippen LogP contribution in [0.2, 0.25) is 0 Å². The third-order valence-corrected chi connectivity index (χ3v) is 4.41. The highest BCUT2D eigenvalue weighted by molar-refractivity contribution is 5.68. The topological polar surface area (TPSA) is 90.1 Å². The standard InChI is InChI=1S/C17H21F3N4/c1-16(17(18,19)20,11-3-5-13(22)10(7-11)9-21)12-4-6-14(23)15(8-12)24-2/h3-8,24H,9,21-23H2,1-2H3. The maximum atomic E-state index is 14.0. The molecule has 0 aromatic heterocycles. The SMILES string of the molecule is CNc1cc(C(C)(c2ccc(N)c(CN)c2)C(F)(F)F)ccc1N. The van der Waals surface area contributed by atoms with Gasteiger partial charge in [0, 0.05) is 19.3 Å². The monoisotopic (exact) mass is 338 g/mol. The van der Waals surface area contributed by atoms with Gasteiger partial charge in [-0.05, 0) is 41.8 Å². The number of nitrogens with one attached hydrogen (secondary N) is 1. The molecule has 0 aliphatic heterocycles. The molecule has 0 bridgehead atoms. The highest BCUT2D eigenvalue weighted by Gasteiger charge is 2.53. The van der Waals surface area contributed by atoms with Crippen LogP contribution in [0.5, 0.6) is 0 Å². The summed E-state index contributed by atoms with van der Waals surface area (Å²) < 4.78 is 42.1. The normalized spacial score (nSPS) is 14.2. The van der Waals surface area contributed by atoms with Crippen molar-refractivity contribution in [3.63, 3.8) is 0 Å². The molecule has 24 heavy (non-hydrogen) atoms. The second-order valence-corrected chi connectivity index (χ2v) is 5.79. The molecule has 0 saturated heterocycles. The number of nitrogens with two attached hydrogens (primary N) is 3. The summed E-state index contributed by atoms with van der Waals surface area (Å²) in [6, 6.07) is 8.53. The predicted octanol–water partition coefficient (Wildman–Crippen LogP) is 3.22. The second-order valence-electron chi connectivity index (χ2n) is 5.79. The summed E-state index contributed by atoms with van der Waals surface area (Å²) in [4.78, 5) is 0. The molecule has 0 spiro atoms. The Bertz CT molecular complexity index is 688. The molecule has 0 saturated carbocycles. The molecule has 2 aromatic carbocycles. The molecule has 0 radical (unpaired) electrons. The van der Waals surface area contributed by atoms with E-state index in [1.807, 2.05) is 0 Å². The molecule has 0 fully saturated rings. The van der Waals surface area contributed by atoms with Crippen molar-refractivity contribution in [3.8, 4) is 0 Å². The van der Waals surface area contributed by atoms with Crippen molar-refractivity contribution < 1.29 is 13.2 Å². The van der Waals surface area contributed by atoms with Crippen LogP contribution in [0.3, 0.4) is 0 Å². The molecule has 2 aromatic rings. The van der Waals surface area contributed by atoms with Gasteiger partial charge in [-0.25, -0.2) is 0 Å². The molecule has 1 unspecified atom stereocenters. The Hall–Kier alpha value is -2.41. The summed E-state index contributed by atoms with van der Waals surface area (Å²) in [6.07, 6.45) is -4.52. The zero-order chi connectivity index (χ0) is 18.1. The highest BCUT2D eigenvalue weighted by Crippen LogP contribution is 2.47. The molecule has 0 heterocycles. The van der Waals surface area contributed by atoms with E-state index in [0.717, 1.165) is 6.92 Å². The number of alkyl halides is 3. The molecule has 130 valence electrons. The van der Waals surface area contributed by atoms with Gasteiger partial charge in [0.15, 0.2) is 0 Å². The van der Waals surface area contributed by atoms with Crippen LogP contribution >= 0.6 is 0 Å². The number of anilines is 3. The van der Waals surface area contributed by atoms with Crippen LogP contribution in [0.1, 0.15) is 23.6 Å². The van der Waals surface area contributed by atoms with Gasteiger partial charge in [0.05, 0.1) is 11.4 Å². The number of hydrogen-bond acceptors (Lipinski definition) is 4. The van der Waals surface area contributed by atoms with Crippen molar-refractivity contribution >= 4 is 17.1 Å². The maximum Gasteiger partial charge on any atom is 0.402 e. The van der Waals surface area contributed by atoms with Gasteiger partial charge in [0.1, 0.15) is 5.41 Å². The van der Waals surface area contributed by atoms with E-state index in [2.05, 4.69) is 5.32 Å². The molecular formula is C17H21F3N4. The largest absolute Gasteiger partial charge is 0.402 e. The van der Waals surface area contributed by atoms with Gasteiger partial charge in [-0.15, -0.1) is 0 Å². The summed E-state index contributed by atoms with van der Waals surface area (Å²) in [7, 11) is 1.61. The van der Waals surface area contributed by atoms with Gasteiger partial charge in [0.25, 0.3) is 0 Å². The minimum absolute atomic E-state index is 0.0666. The van der Waals surface area contributed by atoms with Crippen molar-refractivity contribution in [2.75, 3.05) is 23.8 Å². The van der Waals surface area contributed by atoms with E-state index in [9.17, 15) is 13.2 Å². The zero-order valence-corrected chi connectivity index (χ0v) is 13.5. The van der Waals surface area contributed by atoms with Crippen molar-refractivity contribution in [2.45, 2.75) is 25.1 Å². The first kappa shape index (κ1) is 17.9. The summed E-state index contributed by atoms with van der Waals surface area (Å²) in [6.45, 7) is 1.21. The lowest BCUT2D eigenvalue weighted by molar-refractivity contribution is -0.173. The number of nitrogen functional groups attached to an aromatic ring is 2. The Balaban J connectivity index is 2.72. The van der Waals surface area contributed by atoms with Crippen LogP contribution in [-0.4, -0.2) is 13.2 Å². The van der Waals surface area contributed by atoms with Gasteiger partial charge in [0.2, 0.25) is 0 Å². The number of benzene rings is 2. The van der Waals surface area contributed by atoms with Gasteiger partial charge >= 0.3 is 6.18 Å². The molecule has 1 atom stereocenters. The first-order valence-electron chi connectivity index (χ1n) is 7.38. The van der Waals surface area contributed by atoms with Crippen molar-refractivity contribution in [1.82, 2.24) is 0 Å². The van der Waals surface area contributed by atoms with E-state index in [1.165, 1.54) is 36.4 Å². The Kier molecular flexibility index (Phi) is 4.66. The minimum Gasteiger partial charge on any atom is -0.398 e. The molecule has 4 nitrogen and oxygen atoms in total. The fraction of sp³-hybridized carbons (Fsp3) is 0.294. The first-order chi connectivity index (χ1) is 11.1. The van der Waals surface area contributed by atoms with Crippen LogP contribution in [0.25, 0.3) is 0 Å². The van der Waals surface area contributed by atoms with Gasteiger partial charge < -0.3 is 22.5 Å². The lowest BCUT2D eigenvalue weighted by Crippen LogP contribution is -2.40. The van der Waals surface area contributed by atoms with E-state index in [1.54, 1.807) is 7.05 Å². The quantitative estimate of drug-likeness (QED) is 0.644. The average molecular weight is 338 g/mol. The molecular weight excluding hydrogens is 317 g/mol. The van der Waals surface area contributed by atoms with Crippen LogP contribution < -0.4 is 22.5 Å². The third-order valence-electron chi connectivity index (χ3n) is 4.41. The molecule has 0 aliphatic rings. The van der Waals surface area contributed by atoms with Gasteiger partial charge in [-0.3, -0.25) is 0 Å². The number of hydrogen-bond donors (Lipinski definition) is 4. The number of rotatable bonds is 4. The van der Waals surface area contributed by atoms with E-state index < -0.39 is 11.6 Å². The highest BCUT2D eigenvalue weighted by atomic mass is 19.4. The summed E-state index contributed by atoms with van der Waals surface area (Å²) in [5.74, 6) is 0. The van der Waals surface area contributed by atoms with E-state index in [-0.39, 0.29) is 17.7 Å².